The molecule has 0 spiro atoms. The maximum Gasteiger partial charge on any atom is 0.244 e. The summed E-state index contributed by atoms with van der Waals surface area (Å²) >= 11 is 0. The zero-order chi connectivity index (χ0) is 14.9. The fraction of sp³-hybridized carbons (Fsp3) is 0.400. The molecule has 0 radical (unpaired) electrons. The summed E-state index contributed by atoms with van der Waals surface area (Å²) in [4.78, 5) is 12.0. The van der Waals surface area contributed by atoms with Gasteiger partial charge in [-0.3, -0.25) is 4.98 Å². The van der Waals surface area contributed by atoms with Gasteiger partial charge in [-0.2, -0.15) is 9.97 Å². The van der Waals surface area contributed by atoms with Gasteiger partial charge < -0.3 is 15.2 Å². The van der Waals surface area contributed by atoms with Crippen LogP contribution in [0.2, 0.25) is 0 Å². The average molecular weight is 288 g/mol. The third-order valence-corrected chi connectivity index (χ3v) is 2.85. The summed E-state index contributed by atoms with van der Waals surface area (Å²) in [6.07, 6.45) is 7.67. The maximum absolute atomic E-state index is 5.93. The predicted octanol–water partition coefficient (Wildman–Crippen LogP) is 2.25. The van der Waals surface area contributed by atoms with Crippen LogP contribution in [0, 0.1) is 0 Å². The Bertz CT molecular complexity index is 549. The van der Waals surface area contributed by atoms with E-state index in [1.165, 1.54) is 11.9 Å². The largest absolute Gasteiger partial charge is 0.476 e. The van der Waals surface area contributed by atoms with Gasteiger partial charge in [0, 0.05) is 12.4 Å². The number of ether oxygens (including phenoxy) is 2. The molecule has 0 fully saturated rings. The van der Waals surface area contributed by atoms with Gasteiger partial charge in [0.2, 0.25) is 11.8 Å². The van der Waals surface area contributed by atoms with Crippen LogP contribution >= 0.6 is 0 Å². The topological polar surface area (TPSA) is 83.2 Å². The van der Waals surface area contributed by atoms with E-state index in [9.17, 15) is 0 Å². The summed E-state index contributed by atoms with van der Waals surface area (Å²) in [6, 6.07) is 3.99. The van der Waals surface area contributed by atoms with Gasteiger partial charge in [0.15, 0.2) is 5.69 Å². The lowest BCUT2D eigenvalue weighted by Crippen LogP contribution is -2.07. The molecule has 0 atom stereocenters. The lowest BCUT2D eigenvalue weighted by molar-refractivity contribution is 0.286. The number of aryl methyl sites for hydroxylation is 1. The Morgan fingerprint density at radius 3 is 2.38 bits per heavy atom. The zero-order valence-corrected chi connectivity index (χ0v) is 12.2. The molecule has 0 aliphatic rings. The SMILES string of the molecule is CCCOc1ncnc(OCCCc2ccncc2)c1N. The number of nitrogens with zero attached hydrogens (tertiary/aromatic N) is 3. The number of anilines is 1. The molecule has 0 aliphatic heterocycles. The summed E-state index contributed by atoms with van der Waals surface area (Å²) in [5, 5.41) is 0. The first-order valence-electron chi connectivity index (χ1n) is 7.06. The minimum Gasteiger partial charge on any atom is -0.476 e. The fourth-order valence-corrected chi connectivity index (χ4v) is 1.79. The molecule has 2 heterocycles. The number of pyridine rings is 1. The third kappa shape index (κ3) is 4.59. The Balaban J connectivity index is 1.83. The van der Waals surface area contributed by atoms with Crippen molar-refractivity contribution in [3.05, 3.63) is 36.4 Å². The molecule has 0 saturated carbocycles. The summed E-state index contributed by atoms with van der Waals surface area (Å²) in [7, 11) is 0. The van der Waals surface area contributed by atoms with Gasteiger partial charge in [-0.15, -0.1) is 0 Å². The minimum atomic E-state index is 0.356. The Hall–Kier alpha value is -2.37. The van der Waals surface area contributed by atoms with Crippen LogP contribution in [0.3, 0.4) is 0 Å². The molecule has 112 valence electrons. The monoisotopic (exact) mass is 288 g/mol. The van der Waals surface area contributed by atoms with Crippen LogP contribution in [0.5, 0.6) is 11.8 Å². The van der Waals surface area contributed by atoms with Crippen LogP contribution in [0.1, 0.15) is 25.3 Å². The first-order chi connectivity index (χ1) is 10.3. The molecule has 2 aromatic heterocycles. The number of nitrogen functional groups attached to an aromatic ring is 1. The molecule has 0 unspecified atom stereocenters. The molecule has 0 saturated heterocycles. The third-order valence-electron chi connectivity index (χ3n) is 2.85. The molecule has 6 nitrogen and oxygen atoms in total. The number of rotatable bonds is 8. The Morgan fingerprint density at radius 2 is 1.71 bits per heavy atom. The van der Waals surface area contributed by atoms with Crippen LogP contribution in [0.15, 0.2) is 30.9 Å². The molecule has 0 aliphatic carbocycles. The van der Waals surface area contributed by atoms with Crippen LogP contribution in [-0.4, -0.2) is 28.2 Å². The first-order valence-corrected chi connectivity index (χ1v) is 7.06. The maximum atomic E-state index is 5.93. The number of hydrogen-bond acceptors (Lipinski definition) is 6. The van der Waals surface area contributed by atoms with E-state index in [0.717, 1.165) is 19.3 Å². The quantitative estimate of drug-likeness (QED) is 0.750. The molecule has 2 N–H and O–H groups in total. The van der Waals surface area contributed by atoms with Crippen molar-refractivity contribution >= 4 is 5.69 Å². The molecular formula is C15H20N4O2. The Kier molecular flexibility index (Phi) is 5.75. The van der Waals surface area contributed by atoms with Crippen LogP contribution in [0.4, 0.5) is 5.69 Å². The predicted molar refractivity (Wildman–Crippen MR) is 80.3 cm³/mol. The normalized spacial score (nSPS) is 10.3. The van der Waals surface area contributed by atoms with Gasteiger partial charge in [0.05, 0.1) is 13.2 Å². The summed E-state index contributed by atoms with van der Waals surface area (Å²) in [6.45, 7) is 3.13. The van der Waals surface area contributed by atoms with Gasteiger partial charge >= 0.3 is 0 Å². The zero-order valence-electron chi connectivity index (χ0n) is 12.2. The van der Waals surface area contributed by atoms with Gasteiger partial charge in [-0.1, -0.05) is 6.92 Å². The molecular weight excluding hydrogens is 268 g/mol. The molecule has 0 amide bonds. The van der Waals surface area contributed by atoms with Crippen molar-refractivity contribution in [2.75, 3.05) is 18.9 Å². The highest BCUT2D eigenvalue weighted by Crippen LogP contribution is 2.26. The second kappa shape index (κ2) is 8.04. The van der Waals surface area contributed by atoms with Crippen LogP contribution < -0.4 is 15.2 Å². The highest BCUT2D eigenvalue weighted by atomic mass is 16.5. The highest BCUT2D eigenvalue weighted by Gasteiger charge is 2.10. The van der Waals surface area contributed by atoms with Gasteiger partial charge in [-0.05, 0) is 37.0 Å². The van der Waals surface area contributed by atoms with E-state index in [4.69, 9.17) is 15.2 Å². The van der Waals surface area contributed by atoms with Crippen LogP contribution in [-0.2, 0) is 6.42 Å². The lowest BCUT2D eigenvalue weighted by Gasteiger charge is -2.10. The van der Waals surface area contributed by atoms with E-state index in [1.807, 2.05) is 19.1 Å². The van der Waals surface area contributed by atoms with E-state index in [0.29, 0.717) is 30.7 Å². The molecule has 0 bridgehead atoms. The minimum absolute atomic E-state index is 0.356. The molecule has 2 rings (SSSR count). The van der Waals surface area contributed by atoms with E-state index in [2.05, 4.69) is 15.0 Å². The van der Waals surface area contributed by atoms with E-state index in [-0.39, 0.29) is 0 Å². The van der Waals surface area contributed by atoms with Crippen molar-refractivity contribution in [2.24, 2.45) is 0 Å². The highest BCUT2D eigenvalue weighted by molar-refractivity contribution is 5.55. The van der Waals surface area contributed by atoms with Crippen molar-refractivity contribution in [1.82, 2.24) is 15.0 Å². The summed E-state index contributed by atoms with van der Waals surface area (Å²) in [5.41, 5.74) is 7.52. The van der Waals surface area contributed by atoms with Gasteiger partial charge in [0.1, 0.15) is 6.33 Å². The van der Waals surface area contributed by atoms with E-state index in [1.54, 1.807) is 12.4 Å². The standard InChI is InChI=1S/C15H20N4O2/c1-2-9-20-14-13(16)15(19-11-18-14)21-10-3-4-12-5-7-17-8-6-12/h5-8,11H,2-4,9-10,16H2,1H3. The summed E-state index contributed by atoms with van der Waals surface area (Å²) in [5.74, 6) is 0.766. The second-order valence-corrected chi connectivity index (χ2v) is 4.55. The van der Waals surface area contributed by atoms with Gasteiger partial charge in [-0.25, -0.2) is 0 Å². The summed E-state index contributed by atoms with van der Waals surface area (Å²) < 4.78 is 11.0. The Morgan fingerprint density at radius 1 is 1.05 bits per heavy atom. The lowest BCUT2D eigenvalue weighted by atomic mass is 10.1. The number of hydrogen-bond donors (Lipinski definition) is 1. The average Bonchev–Trinajstić information content (AvgIpc) is 2.53. The molecule has 0 aromatic carbocycles. The molecule has 21 heavy (non-hydrogen) atoms. The second-order valence-electron chi connectivity index (χ2n) is 4.55. The fourth-order valence-electron chi connectivity index (χ4n) is 1.79. The number of nitrogens with two attached hydrogens (primary N) is 1. The number of aromatic nitrogens is 3. The molecule has 6 heteroatoms. The van der Waals surface area contributed by atoms with E-state index >= 15 is 0 Å². The first kappa shape index (κ1) is 15.0. The smallest absolute Gasteiger partial charge is 0.244 e. The Labute approximate surface area is 124 Å². The van der Waals surface area contributed by atoms with Crippen LogP contribution in [0.25, 0.3) is 0 Å². The van der Waals surface area contributed by atoms with Crippen molar-refractivity contribution in [1.29, 1.82) is 0 Å². The van der Waals surface area contributed by atoms with E-state index < -0.39 is 0 Å². The van der Waals surface area contributed by atoms with Gasteiger partial charge in [0.25, 0.3) is 0 Å². The van der Waals surface area contributed by atoms with Crippen molar-refractivity contribution in [3.8, 4) is 11.8 Å². The van der Waals surface area contributed by atoms with Crippen molar-refractivity contribution in [2.45, 2.75) is 26.2 Å². The van der Waals surface area contributed by atoms with Crippen molar-refractivity contribution < 1.29 is 9.47 Å². The van der Waals surface area contributed by atoms with Crippen molar-refractivity contribution in [3.63, 3.8) is 0 Å². The molecule has 2 aromatic rings.